The Morgan fingerprint density at radius 1 is 1.36 bits per heavy atom. The largest absolute Gasteiger partial charge is 0.377 e. The number of methoxy groups -OCH3 is 1. The Kier molecular flexibility index (Phi) is 4.29. The third-order valence-electron chi connectivity index (χ3n) is 4.47. The number of hydrogen-bond acceptors (Lipinski definition) is 7. The van der Waals surface area contributed by atoms with Gasteiger partial charge in [-0.25, -0.2) is 19.5 Å². The van der Waals surface area contributed by atoms with Gasteiger partial charge in [-0.15, -0.1) is 0 Å². The molecule has 3 N–H and O–H groups in total. The summed E-state index contributed by atoms with van der Waals surface area (Å²) in [5.41, 5.74) is 8.80. The van der Waals surface area contributed by atoms with Crippen LogP contribution in [0.25, 0.3) is 5.65 Å². The van der Waals surface area contributed by atoms with Crippen molar-refractivity contribution in [3.8, 4) is 0 Å². The van der Waals surface area contributed by atoms with Crippen LogP contribution in [0.2, 0.25) is 0 Å². The molecule has 0 aliphatic heterocycles. The molecule has 8 nitrogen and oxygen atoms in total. The molecule has 25 heavy (non-hydrogen) atoms. The summed E-state index contributed by atoms with van der Waals surface area (Å²) in [6, 6.07) is 4.15. The molecule has 0 spiro atoms. The molecule has 0 aromatic carbocycles. The molecule has 3 aromatic heterocycles. The van der Waals surface area contributed by atoms with Crippen LogP contribution in [0.15, 0.2) is 30.7 Å². The summed E-state index contributed by atoms with van der Waals surface area (Å²) in [7, 11) is 1.65. The molecule has 1 aliphatic rings. The molecular weight excluding hydrogens is 318 g/mol. The molecule has 0 radical (unpaired) electrons. The van der Waals surface area contributed by atoms with Gasteiger partial charge >= 0.3 is 0 Å². The predicted octanol–water partition coefficient (Wildman–Crippen LogP) is 1.48. The van der Waals surface area contributed by atoms with E-state index in [9.17, 15) is 0 Å². The number of nitrogens with one attached hydrogen (secondary N) is 1. The molecule has 0 unspecified atom stereocenters. The first-order chi connectivity index (χ1) is 12.2. The molecule has 1 fully saturated rings. The third-order valence-corrected chi connectivity index (χ3v) is 4.47. The minimum atomic E-state index is 0.284. The fourth-order valence-electron chi connectivity index (χ4n) is 3.10. The van der Waals surface area contributed by atoms with Crippen LogP contribution in [0.4, 0.5) is 5.82 Å². The first kappa shape index (κ1) is 15.9. The number of hydrogen-bond donors (Lipinski definition) is 2. The van der Waals surface area contributed by atoms with Crippen molar-refractivity contribution in [3.05, 3.63) is 47.8 Å². The predicted molar refractivity (Wildman–Crippen MR) is 93.0 cm³/mol. The molecule has 4 rings (SSSR count). The Morgan fingerprint density at radius 2 is 2.24 bits per heavy atom. The summed E-state index contributed by atoms with van der Waals surface area (Å²) < 4.78 is 6.96. The molecule has 0 amide bonds. The van der Waals surface area contributed by atoms with Gasteiger partial charge in [-0.3, -0.25) is 0 Å². The summed E-state index contributed by atoms with van der Waals surface area (Å²) >= 11 is 0. The molecule has 3 aromatic rings. The van der Waals surface area contributed by atoms with Gasteiger partial charge in [0, 0.05) is 55.3 Å². The summed E-state index contributed by atoms with van der Waals surface area (Å²) in [5.74, 6) is 1.88. The van der Waals surface area contributed by atoms with Crippen molar-refractivity contribution >= 4 is 11.5 Å². The average Bonchev–Trinajstić information content (AvgIpc) is 3.00. The fraction of sp³-hybridized carbons (Fsp3) is 0.412. The lowest BCUT2D eigenvalue weighted by molar-refractivity contribution is 0.177. The van der Waals surface area contributed by atoms with E-state index < -0.39 is 0 Å². The van der Waals surface area contributed by atoms with Crippen LogP contribution in [-0.4, -0.2) is 37.7 Å². The quantitative estimate of drug-likeness (QED) is 0.701. The highest BCUT2D eigenvalue weighted by Gasteiger charge is 2.29. The van der Waals surface area contributed by atoms with E-state index in [-0.39, 0.29) is 6.04 Å². The molecular formula is C17H21N7O. The zero-order valence-electron chi connectivity index (χ0n) is 14.1. The van der Waals surface area contributed by atoms with Gasteiger partial charge in [0.05, 0.1) is 6.20 Å². The highest BCUT2D eigenvalue weighted by atomic mass is 16.5. The van der Waals surface area contributed by atoms with E-state index in [1.807, 2.05) is 24.5 Å². The first-order valence-corrected chi connectivity index (χ1v) is 8.36. The Morgan fingerprint density at radius 3 is 3.04 bits per heavy atom. The summed E-state index contributed by atoms with van der Waals surface area (Å²) in [6.45, 7) is 0.979. The van der Waals surface area contributed by atoms with E-state index >= 15 is 0 Å². The number of nitrogens with two attached hydrogens (primary N) is 1. The second kappa shape index (κ2) is 6.73. The SMILES string of the molecule is COCc1nc(NCc2cnn3cccnc23)cc(C2CC(N)C2)n1. The Hall–Kier alpha value is -2.58. The Labute approximate surface area is 145 Å². The number of aromatic nitrogens is 5. The number of rotatable bonds is 6. The number of ether oxygens (including phenoxy) is 1. The van der Waals surface area contributed by atoms with Crippen molar-refractivity contribution in [2.75, 3.05) is 12.4 Å². The fourth-order valence-corrected chi connectivity index (χ4v) is 3.10. The Balaban J connectivity index is 1.54. The first-order valence-electron chi connectivity index (χ1n) is 8.36. The van der Waals surface area contributed by atoms with Gasteiger partial charge < -0.3 is 15.8 Å². The zero-order valence-corrected chi connectivity index (χ0v) is 14.1. The van der Waals surface area contributed by atoms with Crippen molar-refractivity contribution in [2.45, 2.75) is 38.0 Å². The van der Waals surface area contributed by atoms with Crippen LogP contribution in [0.5, 0.6) is 0 Å². The smallest absolute Gasteiger partial charge is 0.159 e. The molecule has 1 aliphatic carbocycles. The van der Waals surface area contributed by atoms with Gasteiger partial charge in [-0.2, -0.15) is 5.10 Å². The highest BCUT2D eigenvalue weighted by Crippen LogP contribution is 2.35. The normalized spacial score (nSPS) is 19.8. The second-order valence-corrected chi connectivity index (χ2v) is 6.37. The maximum Gasteiger partial charge on any atom is 0.159 e. The highest BCUT2D eigenvalue weighted by molar-refractivity contribution is 5.48. The molecule has 0 bridgehead atoms. The van der Waals surface area contributed by atoms with E-state index in [1.54, 1.807) is 17.8 Å². The monoisotopic (exact) mass is 339 g/mol. The summed E-state index contributed by atoms with van der Waals surface area (Å²) in [6.07, 6.45) is 7.41. The second-order valence-electron chi connectivity index (χ2n) is 6.37. The van der Waals surface area contributed by atoms with Crippen molar-refractivity contribution in [2.24, 2.45) is 5.73 Å². The van der Waals surface area contributed by atoms with E-state index in [0.29, 0.717) is 24.9 Å². The van der Waals surface area contributed by atoms with Crippen molar-refractivity contribution in [1.82, 2.24) is 24.6 Å². The zero-order chi connectivity index (χ0) is 17.2. The van der Waals surface area contributed by atoms with Gasteiger partial charge in [0.15, 0.2) is 11.5 Å². The number of anilines is 1. The lowest BCUT2D eigenvalue weighted by Gasteiger charge is -2.32. The van der Waals surface area contributed by atoms with Crippen LogP contribution < -0.4 is 11.1 Å². The third kappa shape index (κ3) is 3.31. The Bertz CT molecular complexity index is 872. The number of fused-ring (bicyclic) bond motifs is 1. The standard InChI is InChI=1S/C17H21N7O/c1-25-10-16-22-14(11-5-13(18)6-11)7-15(23-16)20-8-12-9-21-24-4-2-3-19-17(12)24/h2-4,7,9,11,13H,5-6,8,10,18H2,1H3,(H,20,22,23). The minimum Gasteiger partial charge on any atom is -0.377 e. The van der Waals surface area contributed by atoms with Gasteiger partial charge in [-0.05, 0) is 18.9 Å². The van der Waals surface area contributed by atoms with Gasteiger partial charge in [0.25, 0.3) is 0 Å². The topological polar surface area (TPSA) is 103 Å². The van der Waals surface area contributed by atoms with Gasteiger partial charge in [0.2, 0.25) is 0 Å². The van der Waals surface area contributed by atoms with Crippen molar-refractivity contribution in [3.63, 3.8) is 0 Å². The van der Waals surface area contributed by atoms with E-state index in [4.69, 9.17) is 10.5 Å². The molecule has 8 heteroatoms. The van der Waals surface area contributed by atoms with E-state index in [0.717, 1.165) is 35.6 Å². The van der Waals surface area contributed by atoms with Gasteiger partial charge in [-0.1, -0.05) is 0 Å². The van der Waals surface area contributed by atoms with E-state index in [2.05, 4.69) is 25.4 Å². The summed E-state index contributed by atoms with van der Waals surface area (Å²) in [5, 5.41) is 7.66. The summed E-state index contributed by atoms with van der Waals surface area (Å²) in [4.78, 5) is 13.5. The van der Waals surface area contributed by atoms with Crippen LogP contribution in [0, 0.1) is 0 Å². The molecule has 1 saturated carbocycles. The lowest BCUT2D eigenvalue weighted by atomic mass is 9.78. The average molecular weight is 339 g/mol. The maximum atomic E-state index is 5.92. The van der Waals surface area contributed by atoms with Gasteiger partial charge in [0.1, 0.15) is 12.4 Å². The van der Waals surface area contributed by atoms with Crippen LogP contribution in [-0.2, 0) is 17.9 Å². The maximum absolute atomic E-state index is 5.92. The van der Waals surface area contributed by atoms with Crippen molar-refractivity contribution < 1.29 is 4.74 Å². The number of nitrogens with zero attached hydrogens (tertiary/aromatic N) is 5. The molecule has 3 heterocycles. The molecule has 0 atom stereocenters. The lowest BCUT2D eigenvalue weighted by Crippen LogP contribution is -2.35. The molecule has 130 valence electrons. The van der Waals surface area contributed by atoms with E-state index in [1.165, 1.54) is 0 Å². The molecule has 0 saturated heterocycles. The van der Waals surface area contributed by atoms with Crippen molar-refractivity contribution in [1.29, 1.82) is 0 Å². The van der Waals surface area contributed by atoms with Crippen LogP contribution >= 0.6 is 0 Å². The van der Waals surface area contributed by atoms with Crippen LogP contribution in [0.3, 0.4) is 0 Å². The minimum absolute atomic E-state index is 0.284. The van der Waals surface area contributed by atoms with Crippen LogP contribution in [0.1, 0.15) is 35.8 Å².